The van der Waals surface area contributed by atoms with Crippen molar-refractivity contribution in [1.82, 2.24) is 10.1 Å². The largest absolute Gasteiger partial charge is 0.286 e. The quantitative estimate of drug-likeness (QED) is 0.148. The van der Waals surface area contributed by atoms with Crippen molar-refractivity contribution in [3.8, 4) is 0 Å². The van der Waals surface area contributed by atoms with Crippen LogP contribution in [0, 0.1) is 55.4 Å². The van der Waals surface area contributed by atoms with E-state index in [9.17, 15) is 20.0 Å². The molecule has 2 atom stereocenters. The number of nitrogens with zero attached hydrogens (tertiary/aromatic N) is 2. The van der Waals surface area contributed by atoms with Gasteiger partial charge in [0.05, 0.1) is 23.9 Å². The van der Waals surface area contributed by atoms with Gasteiger partial charge in [0.25, 0.3) is 11.8 Å². The maximum absolute atomic E-state index is 14.5. The van der Waals surface area contributed by atoms with Crippen LogP contribution in [0.2, 0.25) is 0 Å². The Morgan fingerprint density at radius 1 is 0.458 bits per heavy atom. The Labute approximate surface area is 286 Å². The molecule has 1 aliphatic rings. The molecule has 0 spiro atoms. The second-order valence-corrected chi connectivity index (χ2v) is 14.3. The molecule has 4 aromatic carbocycles. The van der Waals surface area contributed by atoms with Crippen molar-refractivity contribution < 1.29 is 20.0 Å². The number of amides is 2. The molecule has 6 nitrogen and oxygen atoms in total. The zero-order chi connectivity index (χ0) is 34.9. The van der Waals surface area contributed by atoms with E-state index in [4.69, 9.17) is 0 Å². The third kappa shape index (κ3) is 7.72. The lowest BCUT2D eigenvalue weighted by molar-refractivity contribution is -0.213. The molecule has 6 heteroatoms. The third-order valence-corrected chi connectivity index (χ3v) is 9.58. The fraction of sp³-hybridized carbons (Fsp3) is 0.381. The molecular formula is C42H50N2O4. The van der Waals surface area contributed by atoms with Gasteiger partial charge in [-0.05, 0) is 90.5 Å². The molecule has 1 aliphatic carbocycles. The summed E-state index contributed by atoms with van der Waals surface area (Å²) in [7, 11) is 0. The van der Waals surface area contributed by atoms with Crippen LogP contribution in [0.1, 0.15) is 104 Å². The summed E-state index contributed by atoms with van der Waals surface area (Å²) in [5.74, 6) is -2.45. The summed E-state index contributed by atoms with van der Waals surface area (Å²) in [5, 5.41) is 25.4. The maximum atomic E-state index is 14.5. The van der Waals surface area contributed by atoms with Crippen molar-refractivity contribution in [2.45, 2.75) is 105 Å². The first-order chi connectivity index (χ1) is 22.7. The SMILES string of the molecule is Cc1cc(C)cc(C(C(=O)N(O)C2CCCC[C@H]2N(O)C(=O)C(c2cc(C)cc(C)c2)c2cc(C)cc(C)c2)c2cc(C)cc(C)c2)c1. The normalized spacial score (nSPS) is 16.3. The molecule has 252 valence electrons. The number of carbonyl (C=O) groups excluding carboxylic acids is 2. The molecule has 48 heavy (non-hydrogen) atoms. The van der Waals surface area contributed by atoms with E-state index in [1.165, 1.54) is 0 Å². The molecule has 1 unspecified atom stereocenters. The van der Waals surface area contributed by atoms with Gasteiger partial charge in [0.1, 0.15) is 0 Å². The van der Waals surface area contributed by atoms with Gasteiger partial charge >= 0.3 is 0 Å². The van der Waals surface area contributed by atoms with Gasteiger partial charge in [-0.3, -0.25) is 20.0 Å². The van der Waals surface area contributed by atoms with Crippen LogP contribution in [0.25, 0.3) is 0 Å². The predicted molar refractivity (Wildman–Crippen MR) is 191 cm³/mol. The summed E-state index contributed by atoms with van der Waals surface area (Å²) in [6.45, 7) is 16.0. The van der Waals surface area contributed by atoms with E-state index in [1.807, 2.05) is 104 Å². The van der Waals surface area contributed by atoms with Gasteiger partial charge in [0.15, 0.2) is 0 Å². The number of benzene rings is 4. The van der Waals surface area contributed by atoms with Crippen LogP contribution in [0.15, 0.2) is 72.8 Å². The van der Waals surface area contributed by atoms with Gasteiger partial charge in [0, 0.05) is 0 Å². The smallest absolute Gasteiger partial charge is 0.258 e. The van der Waals surface area contributed by atoms with Crippen molar-refractivity contribution in [1.29, 1.82) is 0 Å². The Hall–Kier alpha value is -4.26. The summed E-state index contributed by atoms with van der Waals surface area (Å²) < 4.78 is 0. The second kappa shape index (κ2) is 14.5. The fourth-order valence-electron chi connectivity index (χ4n) is 7.92. The molecule has 2 amide bonds. The standard InChI is InChI=1S/C42H50N2O4/c1-25-13-26(2)18-33(17-25)39(34-19-27(3)14-28(4)20-34)41(45)43(47)37-11-9-10-12-38(37)44(48)42(46)40(35-21-29(5)15-30(6)22-35)36-23-31(7)16-32(8)24-36/h13-24,37-40,47-48H,9-12H2,1-8H3/t37-,38?/m1/s1. The zero-order valence-corrected chi connectivity index (χ0v) is 29.7. The third-order valence-electron chi connectivity index (χ3n) is 9.58. The summed E-state index contributed by atoms with van der Waals surface area (Å²) in [4.78, 5) is 29.1. The molecule has 0 aliphatic heterocycles. The topological polar surface area (TPSA) is 81.1 Å². The molecule has 4 aromatic rings. The minimum absolute atomic E-state index is 0.460. The Morgan fingerprint density at radius 2 is 0.667 bits per heavy atom. The van der Waals surface area contributed by atoms with Crippen LogP contribution in [0.3, 0.4) is 0 Å². The minimum Gasteiger partial charge on any atom is -0.286 e. The zero-order valence-electron chi connectivity index (χ0n) is 29.7. The van der Waals surface area contributed by atoms with Gasteiger partial charge in [-0.25, -0.2) is 10.1 Å². The Bertz CT molecular complexity index is 1510. The van der Waals surface area contributed by atoms with Crippen molar-refractivity contribution in [3.63, 3.8) is 0 Å². The van der Waals surface area contributed by atoms with Crippen molar-refractivity contribution >= 4 is 11.8 Å². The highest BCUT2D eigenvalue weighted by Gasteiger charge is 2.42. The van der Waals surface area contributed by atoms with Crippen LogP contribution < -0.4 is 0 Å². The van der Waals surface area contributed by atoms with Gasteiger partial charge < -0.3 is 0 Å². The number of aryl methyl sites for hydroxylation is 8. The van der Waals surface area contributed by atoms with Crippen LogP contribution in [-0.4, -0.2) is 44.4 Å². The molecule has 2 N–H and O–H groups in total. The van der Waals surface area contributed by atoms with Crippen molar-refractivity contribution in [2.24, 2.45) is 0 Å². The van der Waals surface area contributed by atoms with E-state index < -0.39 is 35.7 Å². The van der Waals surface area contributed by atoms with Gasteiger partial charge in [0.2, 0.25) is 0 Å². The van der Waals surface area contributed by atoms with E-state index in [0.29, 0.717) is 12.8 Å². The van der Waals surface area contributed by atoms with E-state index in [1.54, 1.807) is 0 Å². The first kappa shape index (κ1) is 35.1. The molecule has 0 radical (unpaired) electrons. The highest BCUT2D eigenvalue weighted by Crippen LogP contribution is 2.36. The number of hydroxylamine groups is 4. The summed E-state index contributed by atoms with van der Waals surface area (Å²) >= 11 is 0. The molecule has 0 aromatic heterocycles. The van der Waals surface area contributed by atoms with Crippen LogP contribution in [0.5, 0.6) is 0 Å². The average molecular weight is 647 g/mol. The second-order valence-electron chi connectivity index (χ2n) is 14.3. The molecule has 0 saturated heterocycles. The fourth-order valence-corrected chi connectivity index (χ4v) is 7.92. The van der Waals surface area contributed by atoms with E-state index >= 15 is 0 Å². The average Bonchev–Trinajstić information content (AvgIpc) is 2.98. The maximum Gasteiger partial charge on any atom is 0.258 e. The Kier molecular flexibility index (Phi) is 10.6. The lowest BCUT2D eigenvalue weighted by atomic mass is 9.84. The Morgan fingerprint density at radius 3 is 0.875 bits per heavy atom. The highest BCUT2D eigenvalue weighted by molar-refractivity contribution is 5.88. The van der Waals surface area contributed by atoms with Crippen LogP contribution in [-0.2, 0) is 9.59 Å². The van der Waals surface area contributed by atoms with Crippen LogP contribution >= 0.6 is 0 Å². The van der Waals surface area contributed by atoms with Gasteiger partial charge in [-0.2, -0.15) is 0 Å². The monoisotopic (exact) mass is 646 g/mol. The lowest BCUT2D eigenvalue weighted by Crippen LogP contribution is -2.56. The molecular weight excluding hydrogens is 596 g/mol. The molecule has 1 fully saturated rings. The number of rotatable bonds is 8. The molecule has 0 heterocycles. The lowest BCUT2D eigenvalue weighted by Gasteiger charge is -2.41. The Balaban J connectivity index is 1.53. The molecule has 0 bridgehead atoms. The summed E-state index contributed by atoms with van der Waals surface area (Å²) in [6.07, 6.45) is 2.45. The summed E-state index contributed by atoms with van der Waals surface area (Å²) in [5.41, 5.74) is 11.5. The van der Waals surface area contributed by atoms with E-state index in [-0.39, 0.29) is 0 Å². The molecule has 5 rings (SSSR count). The highest BCUT2D eigenvalue weighted by atomic mass is 16.5. The number of carbonyl (C=O) groups is 2. The van der Waals surface area contributed by atoms with Crippen LogP contribution in [0.4, 0.5) is 0 Å². The van der Waals surface area contributed by atoms with E-state index in [2.05, 4.69) is 24.3 Å². The summed E-state index contributed by atoms with van der Waals surface area (Å²) in [6, 6.07) is 22.7. The predicted octanol–water partition coefficient (Wildman–Crippen LogP) is 8.86. The van der Waals surface area contributed by atoms with Gasteiger partial charge in [-0.15, -0.1) is 0 Å². The van der Waals surface area contributed by atoms with Crippen molar-refractivity contribution in [2.75, 3.05) is 0 Å². The van der Waals surface area contributed by atoms with E-state index in [0.717, 1.165) is 89.7 Å². The first-order valence-corrected chi connectivity index (χ1v) is 17.1. The van der Waals surface area contributed by atoms with Crippen molar-refractivity contribution in [3.05, 3.63) is 140 Å². The minimum atomic E-state index is -0.779. The van der Waals surface area contributed by atoms with Gasteiger partial charge in [-0.1, -0.05) is 130 Å². The molecule has 1 saturated carbocycles. The number of hydrogen-bond acceptors (Lipinski definition) is 4. The number of hydrogen-bond donors (Lipinski definition) is 2. The first-order valence-electron chi connectivity index (χ1n) is 17.1.